The van der Waals surface area contributed by atoms with Crippen LogP contribution < -0.4 is 4.74 Å². The van der Waals surface area contributed by atoms with Gasteiger partial charge in [0.1, 0.15) is 12.4 Å². The van der Waals surface area contributed by atoms with Gasteiger partial charge in [0.05, 0.1) is 5.56 Å². The Balaban J connectivity index is 2.11. The number of aldehydes is 1. The Morgan fingerprint density at radius 1 is 1.14 bits per heavy atom. The number of carbonyl (C=O) groups is 1. The molecule has 0 atom stereocenters. The molecule has 0 amide bonds. The minimum absolute atomic E-state index is 0.0101. The number of rotatable bonds is 4. The first-order valence-electron chi connectivity index (χ1n) is 5.94. The highest BCUT2D eigenvalue weighted by molar-refractivity contribution is 9.10. The number of ether oxygens (including phenoxy) is 1. The van der Waals surface area contributed by atoms with Gasteiger partial charge in [0.15, 0.2) is 6.29 Å². The second-order valence-corrected chi connectivity index (χ2v) is 5.14. The smallest absolute Gasteiger partial charge is 0.416 e. The van der Waals surface area contributed by atoms with Gasteiger partial charge in [0, 0.05) is 10.0 Å². The molecular weight excluding hydrogens is 349 g/mol. The Labute approximate surface area is 127 Å². The molecule has 2 nitrogen and oxygen atoms in total. The van der Waals surface area contributed by atoms with Crippen LogP contribution in [0.4, 0.5) is 13.2 Å². The summed E-state index contributed by atoms with van der Waals surface area (Å²) < 4.78 is 43.8. The second kappa shape index (κ2) is 6.30. The Hall–Kier alpha value is -1.82. The van der Waals surface area contributed by atoms with E-state index >= 15 is 0 Å². The molecular formula is C15H10BrF3O2. The SMILES string of the molecule is O=Cc1cc(OCc2cccc(C(F)(F)F)c2)ccc1Br. The minimum Gasteiger partial charge on any atom is -0.489 e. The van der Waals surface area contributed by atoms with Crippen molar-refractivity contribution in [2.24, 2.45) is 0 Å². The van der Waals surface area contributed by atoms with Crippen LogP contribution in [-0.4, -0.2) is 6.29 Å². The first kappa shape index (κ1) is 15.6. The first-order chi connectivity index (χ1) is 9.90. The van der Waals surface area contributed by atoms with Crippen molar-refractivity contribution in [3.63, 3.8) is 0 Å². The molecule has 0 unspecified atom stereocenters. The van der Waals surface area contributed by atoms with Crippen LogP contribution in [0.25, 0.3) is 0 Å². The van der Waals surface area contributed by atoms with Gasteiger partial charge < -0.3 is 4.74 Å². The van der Waals surface area contributed by atoms with Crippen LogP contribution >= 0.6 is 15.9 Å². The van der Waals surface area contributed by atoms with Gasteiger partial charge in [-0.15, -0.1) is 0 Å². The molecule has 6 heteroatoms. The molecule has 21 heavy (non-hydrogen) atoms. The molecule has 0 fully saturated rings. The van der Waals surface area contributed by atoms with E-state index in [2.05, 4.69) is 15.9 Å². The van der Waals surface area contributed by atoms with Gasteiger partial charge in [0.25, 0.3) is 0 Å². The fraction of sp³-hybridized carbons (Fsp3) is 0.133. The molecule has 0 N–H and O–H groups in total. The summed E-state index contributed by atoms with van der Waals surface area (Å²) >= 11 is 3.21. The molecule has 0 aliphatic carbocycles. The summed E-state index contributed by atoms with van der Waals surface area (Å²) in [4.78, 5) is 10.8. The number of carbonyl (C=O) groups excluding carboxylic acids is 1. The summed E-state index contributed by atoms with van der Waals surface area (Å²) in [6, 6.07) is 9.72. The average molecular weight is 359 g/mol. The summed E-state index contributed by atoms with van der Waals surface area (Å²) in [6.45, 7) is -0.0101. The Bertz CT molecular complexity index is 654. The first-order valence-corrected chi connectivity index (χ1v) is 6.73. The van der Waals surface area contributed by atoms with E-state index in [0.29, 0.717) is 27.6 Å². The lowest BCUT2D eigenvalue weighted by Gasteiger charge is -2.10. The van der Waals surface area contributed by atoms with Crippen molar-refractivity contribution in [2.75, 3.05) is 0 Å². The van der Waals surface area contributed by atoms with Gasteiger partial charge >= 0.3 is 6.18 Å². The van der Waals surface area contributed by atoms with Crippen LogP contribution in [0.15, 0.2) is 46.9 Å². The zero-order valence-corrected chi connectivity index (χ0v) is 12.2. The van der Waals surface area contributed by atoms with Crippen molar-refractivity contribution >= 4 is 22.2 Å². The van der Waals surface area contributed by atoms with Crippen molar-refractivity contribution < 1.29 is 22.7 Å². The van der Waals surface area contributed by atoms with E-state index in [-0.39, 0.29) is 6.61 Å². The highest BCUT2D eigenvalue weighted by atomic mass is 79.9. The molecule has 0 radical (unpaired) electrons. The lowest BCUT2D eigenvalue weighted by molar-refractivity contribution is -0.137. The van der Waals surface area contributed by atoms with E-state index in [1.54, 1.807) is 18.2 Å². The normalized spacial score (nSPS) is 11.2. The number of hydrogen-bond acceptors (Lipinski definition) is 2. The fourth-order valence-corrected chi connectivity index (χ4v) is 2.05. The van der Waals surface area contributed by atoms with E-state index in [0.717, 1.165) is 12.1 Å². The van der Waals surface area contributed by atoms with Crippen molar-refractivity contribution in [1.82, 2.24) is 0 Å². The van der Waals surface area contributed by atoms with E-state index in [9.17, 15) is 18.0 Å². The monoisotopic (exact) mass is 358 g/mol. The molecule has 0 spiro atoms. The summed E-state index contributed by atoms with van der Waals surface area (Å²) in [5.74, 6) is 0.415. The molecule has 0 saturated carbocycles. The Kier molecular flexibility index (Phi) is 4.67. The summed E-state index contributed by atoms with van der Waals surface area (Å²) in [5, 5.41) is 0. The highest BCUT2D eigenvalue weighted by Gasteiger charge is 2.30. The molecule has 2 rings (SSSR count). The summed E-state index contributed by atoms with van der Waals surface area (Å²) in [5.41, 5.74) is 0.102. The van der Waals surface area contributed by atoms with Crippen LogP contribution in [0.5, 0.6) is 5.75 Å². The van der Waals surface area contributed by atoms with E-state index < -0.39 is 11.7 Å². The largest absolute Gasteiger partial charge is 0.489 e. The predicted molar refractivity (Wildman–Crippen MR) is 75.3 cm³/mol. The van der Waals surface area contributed by atoms with Crippen LogP contribution in [-0.2, 0) is 12.8 Å². The quantitative estimate of drug-likeness (QED) is 0.729. The number of alkyl halides is 3. The third-order valence-corrected chi connectivity index (χ3v) is 3.48. The molecule has 0 aliphatic heterocycles. The molecule has 2 aromatic carbocycles. The van der Waals surface area contributed by atoms with Gasteiger partial charge in [0.2, 0.25) is 0 Å². The molecule has 0 bridgehead atoms. The zero-order valence-electron chi connectivity index (χ0n) is 10.7. The van der Waals surface area contributed by atoms with E-state index in [4.69, 9.17) is 4.74 Å². The zero-order chi connectivity index (χ0) is 15.5. The van der Waals surface area contributed by atoms with Gasteiger partial charge in [-0.3, -0.25) is 4.79 Å². The number of halogens is 4. The third kappa shape index (κ3) is 4.07. The molecule has 0 aliphatic rings. The molecule has 2 aromatic rings. The fourth-order valence-electron chi connectivity index (χ4n) is 1.71. The van der Waals surface area contributed by atoms with Crippen LogP contribution in [0.2, 0.25) is 0 Å². The number of hydrogen-bond donors (Lipinski definition) is 0. The minimum atomic E-state index is -4.38. The van der Waals surface area contributed by atoms with Crippen molar-refractivity contribution in [3.05, 3.63) is 63.6 Å². The number of benzene rings is 2. The van der Waals surface area contributed by atoms with Gasteiger partial charge in [-0.05, 0) is 35.9 Å². The van der Waals surface area contributed by atoms with Crippen molar-refractivity contribution in [2.45, 2.75) is 12.8 Å². The van der Waals surface area contributed by atoms with E-state index in [1.165, 1.54) is 12.1 Å². The maximum Gasteiger partial charge on any atom is 0.416 e. The summed E-state index contributed by atoms with van der Waals surface area (Å²) in [6.07, 6.45) is -3.71. The highest BCUT2D eigenvalue weighted by Crippen LogP contribution is 2.30. The maximum absolute atomic E-state index is 12.6. The van der Waals surface area contributed by atoms with Crippen LogP contribution in [0.1, 0.15) is 21.5 Å². The standard InChI is InChI=1S/C15H10BrF3O2/c16-14-5-4-13(7-11(14)8-20)21-9-10-2-1-3-12(6-10)15(17,18)19/h1-8H,9H2. The maximum atomic E-state index is 12.6. The van der Waals surface area contributed by atoms with Gasteiger partial charge in [-0.2, -0.15) is 13.2 Å². The Morgan fingerprint density at radius 3 is 2.57 bits per heavy atom. The predicted octanol–water partition coefficient (Wildman–Crippen LogP) is 4.86. The van der Waals surface area contributed by atoms with Crippen LogP contribution in [0.3, 0.4) is 0 Å². The lowest BCUT2D eigenvalue weighted by Crippen LogP contribution is -2.06. The third-order valence-electron chi connectivity index (χ3n) is 2.75. The van der Waals surface area contributed by atoms with Crippen LogP contribution in [0, 0.1) is 0 Å². The second-order valence-electron chi connectivity index (χ2n) is 4.29. The topological polar surface area (TPSA) is 26.3 Å². The molecule has 0 saturated heterocycles. The molecule has 0 heterocycles. The summed E-state index contributed by atoms with van der Waals surface area (Å²) in [7, 11) is 0. The Morgan fingerprint density at radius 2 is 1.90 bits per heavy atom. The molecule has 110 valence electrons. The van der Waals surface area contributed by atoms with Gasteiger partial charge in [-0.25, -0.2) is 0 Å². The van der Waals surface area contributed by atoms with Gasteiger partial charge in [-0.1, -0.05) is 28.1 Å². The average Bonchev–Trinajstić information content (AvgIpc) is 2.46. The molecule has 0 aromatic heterocycles. The van der Waals surface area contributed by atoms with E-state index in [1.807, 2.05) is 0 Å². The lowest BCUT2D eigenvalue weighted by atomic mass is 10.1. The van der Waals surface area contributed by atoms with Crippen molar-refractivity contribution in [1.29, 1.82) is 0 Å². The van der Waals surface area contributed by atoms with Crippen molar-refractivity contribution in [3.8, 4) is 5.75 Å².